The van der Waals surface area contributed by atoms with Crippen LogP contribution < -0.4 is 11.1 Å². The third-order valence-corrected chi connectivity index (χ3v) is 2.89. The number of nitrogen functional groups attached to an aromatic ring is 1. The Balaban J connectivity index is 1.90. The zero-order valence-corrected chi connectivity index (χ0v) is 11.8. The predicted octanol–water partition coefficient (Wildman–Crippen LogP) is 2.59. The number of aryl methyl sites for hydroxylation is 2. The SMILES string of the molecule is Cc1cc(Cl)nc(NC(=O)CCc2ccc(N)cc2)n1. The first-order chi connectivity index (χ1) is 9.52. The fourth-order valence-corrected chi connectivity index (χ4v) is 1.95. The average molecular weight is 291 g/mol. The molecule has 1 heterocycles. The van der Waals surface area contributed by atoms with Gasteiger partial charge in [0.15, 0.2) is 0 Å². The molecule has 0 unspecified atom stereocenters. The molecule has 0 aliphatic rings. The summed E-state index contributed by atoms with van der Waals surface area (Å²) >= 11 is 5.81. The Morgan fingerprint density at radius 2 is 2.00 bits per heavy atom. The Hall–Kier alpha value is -2.14. The molecule has 3 N–H and O–H groups in total. The zero-order chi connectivity index (χ0) is 14.5. The van der Waals surface area contributed by atoms with Crippen LogP contribution in [0.15, 0.2) is 30.3 Å². The molecule has 20 heavy (non-hydrogen) atoms. The predicted molar refractivity (Wildman–Crippen MR) is 79.6 cm³/mol. The van der Waals surface area contributed by atoms with E-state index in [0.717, 1.165) is 5.56 Å². The Bertz CT molecular complexity index is 593. The van der Waals surface area contributed by atoms with Gasteiger partial charge in [-0.3, -0.25) is 10.1 Å². The highest BCUT2D eigenvalue weighted by atomic mass is 35.5. The summed E-state index contributed by atoms with van der Waals surface area (Å²) in [6.07, 6.45) is 0.977. The van der Waals surface area contributed by atoms with Gasteiger partial charge in [-0.25, -0.2) is 9.97 Å². The Morgan fingerprint density at radius 3 is 2.65 bits per heavy atom. The van der Waals surface area contributed by atoms with Crippen LogP contribution in [-0.4, -0.2) is 15.9 Å². The van der Waals surface area contributed by atoms with Gasteiger partial charge >= 0.3 is 0 Å². The van der Waals surface area contributed by atoms with E-state index in [9.17, 15) is 4.79 Å². The third-order valence-electron chi connectivity index (χ3n) is 2.69. The summed E-state index contributed by atoms with van der Waals surface area (Å²) < 4.78 is 0. The second-order valence-corrected chi connectivity index (χ2v) is 4.83. The molecule has 0 atom stereocenters. The maximum atomic E-state index is 11.8. The van der Waals surface area contributed by atoms with Gasteiger partial charge in [0.05, 0.1) is 0 Å². The quantitative estimate of drug-likeness (QED) is 0.670. The highest BCUT2D eigenvalue weighted by Gasteiger charge is 2.06. The van der Waals surface area contributed by atoms with Crippen molar-refractivity contribution >= 4 is 29.1 Å². The van der Waals surface area contributed by atoms with Crippen molar-refractivity contribution in [3.05, 3.63) is 46.7 Å². The summed E-state index contributed by atoms with van der Waals surface area (Å²) in [7, 11) is 0. The third kappa shape index (κ3) is 4.20. The van der Waals surface area contributed by atoms with Gasteiger partial charge < -0.3 is 5.73 Å². The molecule has 0 fully saturated rings. The molecule has 2 rings (SSSR count). The van der Waals surface area contributed by atoms with Crippen LogP contribution in [0.4, 0.5) is 11.6 Å². The number of anilines is 2. The van der Waals surface area contributed by atoms with Crippen LogP contribution >= 0.6 is 11.6 Å². The number of nitrogens with two attached hydrogens (primary N) is 1. The first-order valence-corrected chi connectivity index (χ1v) is 6.56. The molecule has 2 aromatic rings. The van der Waals surface area contributed by atoms with E-state index < -0.39 is 0 Å². The van der Waals surface area contributed by atoms with E-state index >= 15 is 0 Å². The Morgan fingerprint density at radius 1 is 1.30 bits per heavy atom. The first-order valence-electron chi connectivity index (χ1n) is 6.18. The molecule has 6 heteroatoms. The van der Waals surface area contributed by atoms with E-state index in [-0.39, 0.29) is 11.9 Å². The molecule has 0 bridgehead atoms. The normalized spacial score (nSPS) is 10.3. The van der Waals surface area contributed by atoms with Crippen LogP contribution in [0.25, 0.3) is 0 Å². The van der Waals surface area contributed by atoms with E-state index in [1.165, 1.54) is 0 Å². The van der Waals surface area contributed by atoms with Crippen molar-refractivity contribution in [1.82, 2.24) is 9.97 Å². The summed E-state index contributed by atoms with van der Waals surface area (Å²) in [6, 6.07) is 9.07. The van der Waals surface area contributed by atoms with Crippen molar-refractivity contribution < 1.29 is 4.79 Å². The number of aromatic nitrogens is 2. The lowest BCUT2D eigenvalue weighted by Crippen LogP contribution is -2.15. The van der Waals surface area contributed by atoms with Crippen molar-refractivity contribution in [2.45, 2.75) is 19.8 Å². The van der Waals surface area contributed by atoms with Crippen LogP contribution in [0.3, 0.4) is 0 Å². The molecule has 0 radical (unpaired) electrons. The minimum Gasteiger partial charge on any atom is -0.399 e. The summed E-state index contributed by atoms with van der Waals surface area (Å²) in [5, 5.41) is 2.95. The van der Waals surface area contributed by atoms with E-state index in [0.29, 0.717) is 29.4 Å². The molecule has 0 aliphatic heterocycles. The maximum Gasteiger partial charge on any atom is 0.231 e. The van der Waals surface area contributed by atoms with Crippen LogP contribution in [0.2, 0.25) is 5.15 Å². The largest absolute Gasteiger partial charge is 0.399 e. The van der Waals surface area contributed by atoms with Crippen molar-refractivity contribution in [3.8, 4) is 0 Å². The number of hydrogen-bond donors (Lipinski definition) is 2. The van der Waals surface area contributed by atoms with E-state index in [1.807, 2.05) is 24.3 Å². The van der Waals surface area contributed by atoms with Crippen LogP contribution in [-0.2, 0) is 11.2 Å². The lowest BCUT2D eigenvalue weighted by Gasteiger charge is -2.05. The van der Waals surface area contributed by atoms with Gasteiger partial charge in [0.2, 0.25) is 11.9 Å². The van der Waals surface area contributed by atoms with Crippen LogP contribution in [0.5, 0.6) is 0 Å². The van der Waals surface area contributed by atoms with Crippen molar-refractivity contribution in [3.63, 3.8) is 0 Å². The molecule has 1 amide bonds. The fourth-order valence-electron chi connectivity index (χ4n) is 1.72. The highest BCUT2D eigenvalue weighted by molar-refractivity contribution is 6.29. The van der Waals surface area contributed by atoms with Gasteiger partial charge in [-0.05, 0) is 37.1 Å². The number of amides is 1. The summed E-state index contributed by atoms with van der Waals surface area (Å²) in [6.45, 7) is 1.79. The molecule has 0 aliphatic carbocycles. The maximum absolute atomic E-state index is 11.8. The van der Waals surface area contributed by atoms with Gasteiger partial charge in [-0.1, -0.05) is 23.7 Å². The lowest BCUT2D eigenvalue weighted by molar-refractivity contribution is -0.116. The summed E-state index contributed by atoms with van der Waals surface area (Å²) in [4.78, 5) is 19.9. The number of nitrogens with zero attached hydrogens (tertiary/aromatic N) is 2. The molecule has 1 aromatic heterocycles. The smallest absolute Gasteiger partial charge is 0.231 e. The molecule has 0 saturated heterocycles. The average Bonchev–Trinajstić information content (AvgIpc) is 2.37. The number of hydrogen-bond acceptors (Lipinski definition) is 4. The van der Waals surface area contributed by atoms with Gasteiger partial charge in [0.1, 0.15) is 5.15 Å². The summed E-state index contributed by atoms with van der Waals surface area (Å²) in [5.41, 5.74) is 8.07. The van der Waals surface area contributed by atoms with Crippen molar-refractivity contribution in [1.29, 1.82) is 0 Å². The second-order valence-electron chi connectivity index (χ2n) is 4.45. The monoisotopic (exact) mass is 290 g/mol. The van der Waals surface area contributed by atoms with E-state index in [4.69, 9.17) is 17.3 Å². The number of nitrogens with one attached hydrogen (secondary N) is 1. The van der Waals surface area contributed by atoms with Crippen LogP contribution in [0.1, 0.15) is 17.7 Å². The number of benzene rings is 1. The van der Waals surface area contributed by atoms with E-state index in [1.54, 1.807) is 13.0 Å². The van der Waals surface area contributed by atoms with E-state index in [2.05, 4.69) is 15.3 Å². The van der Waals surface area contributed by atoms with Gasteiger partial charge in [0, 0.05) is 17.8 Å². The number of carbonyl (C=O) groups excluding carboxylic acids is 1. The molecule has 0 spiro atoms. The van der Waals surface area contributed by atoms with Gasteiger partial charge in [-0.15, -0.1) is 0 Å². The molecule has 5 nitrogen and oxygen atoms in total. The Labute approximate surface area is 122 Å². The number of carbonyl (C=O) groups is 1. The highest BCUT2D eigenvalue weighted by Crippen LogP contribution is 2.11. The molecule has 0 saturated carbocycles. The first kappa shape index (κ1) is 14.3. The number of rotatable bonds is 4. The second kappa shape index (κ2) is 6.34. The standard InChI is InChI=1S/C14H15ClN4O/c1-9-8-12(15)18-14(17-9)19-13(20)7-4-10-2-5-11(16)6-3-10/h2-3,5-6,8H,4,7,16H2,1H3,(H,17,18,19,20). The molecular formula is C14H15ClN4O. The summed E-state index contributed by atoms with van der Waals surface area (Å²) in [5.74, 6) is 0.0841. The van der Waals surface area contributed by atoms with Gasteiger partial charge in [0.25, 0.3) is 0 Å². The van der Waals surface area contributed by atoms with Crippen LogP contribution in [0, 0.1) is 6.92 Å². The molecular weight excluding hydrogens is 276 g/mol. The topological polar surface area (TPSA) is 80.9 Å². The Kier molecular flexibility index (Phi) is 4.53. The minimum absolute atomic E-state index is 0.150. The van der Waals surface area contributed by atoms with Gasteiger partial charge in [-0.2, -0.15) is 0 Å². The minimum atomic E-state index is -0.150. The number of halogens is 1. The molecule has 1 aromatic carbocycles. The van der Waals surface area contributed by atoms with Crippen molar-refractivity contribution in [2.75, 3.05) is 11.1 Å². The molecule has 104 valence electrons. The van der Waals surface area contributed by atoms with Crippen molar-refractivity contribution in [2.24, 2.45) is 0 Å². The lowest BCUT2D eigenvalue weighted by atomic mass is 10.1. The fraction of sp³-hybridized carbons (Fsp3) is 0.214. The zero-order valence-electron chi connectivity index (χ0n) is 11.1.